The van der Waals surface area contributed by atoms with Gasteiger partial charge in [0.05, 0.1) is 5.56 Å². The van der Waals surface area contributed by atoms with Crippen molar-refractivity contribution in [3.05, 3.63) is 60.8 Å². The van der Waals surface area contributed by atoms with Gasteiger partial charge in [0.1, 0.15) is 17.9 Å². The molecule has 8 nitrogen and oxygen atoms in total. The highest BCUT2D eigenvalue weighted by Gasteiger charge is 2.51. The fourth-order valence-electron chi connectivity index (χ4n) is 4.64. The summed E-state index contributed by atoms with van der Waals surface area (Å²) < 4.78 is 29.8. The first kappa shape index (κ1) is 25.7. The number of halogens is 3. The molecule has 0 saturated carbocycles. The van der Waals surface area contributed by atoms with Crippen LogP contribution in [0.5, 0.6) is 5.75 Å². The van der Waals surface area contributed by atoms with E-state index in [1.807, 2.05) is 13.8 Å². The van der Waals surface area contributed by atoms with Gasteiger partial charge in [-0.15, -0.1) is 8.78 Å². The Morgan fingerprint density at radius 2 is 1.72 bits per heavy atom. The first-order valence-corrected chi connectivity index (χ1v) is 11.9. The molecule has 2 fully saturated rings. The van der Waals surface area contributed by atoms with E-state index >= 15 is 0 Å². The summed E-state index contributed by atoms with van der Waals surface area (Å²) >= 11 is 4.77. The molecule has 5 rings (SSSR count). The third kappa shape index (κ3) is 5.71. The topological polar surface area (TPSA) is 83.5 Å². The van der Waals surface area contributed by atoms with Crippen LogP contribution < -0.4 is 15.0 Å². The first-order valence-electron chi connectivity index (χ1n) is 11.6. The third-order valence-corrected chi connectivity index (χ3v) is 5.99. The van der Waals surface area contributed by atoms with E-state index in [1.54, 1.807) is 18.5 Å². The van der Waals surface area contributed by atoms with Gasteiger partial charge in [-0.25, -0.2) is 15.0 Å². The monoisotopic (exact) mass is 516 g/mol. The van der Waals surface area contributed by atoms with Crippen molar-refractivity contribution in [2.75, 3.05) is 43.4 Å². The second-order valence-electron chi connectivity index (χ2n) is 8.78. The number of ether oxygens (including phenoxy) is 1. The van der Waals surface area contributed by atoms with Gasteiger partial charge < -0.3 is 19.9 Å². The smallest absolute Gasteiger partial charge is 0.420 e. The normalized spacial score (nSPS) is 16.3. The molecule has 0 unspecified atom stereocenters. The molecule has 0 aliphatic carbocycles. The number of nitrogens with one attached hydrogen (secondary N) is 1. The zero-order valence-electron chi connectivity index (χ0n) is 20.2. The van der Waals surface area contributed by atoms with Crippen molar-refractivity contribution < 1.29 is 18.3 Å². The second kappa shape index (κ2) is 10.3. The van der Waals surface area contributed by atoms with E-state index in [0.29, 0.717) is 16.7 Å². The fraction of sp³-hybridized carbons (Fsp3) is 0.360. The van der Waals surface area contributed by atoms with Crippen molar-refractivity contribution in [1.29, 1.82) is 0 Å². The van der Waals surface area contributed by atoms with Gasteiger partial charge in [0.2, 0.25) is 0 Å². The number of amides is 1. The Morgan fingerprint density at radius 3 is 2.31 bits per heavy atom. The highest BCUT2D eigenvalue weighted by molar-refractivity contribution is 6.20. The number of carbonyl (C=O) groups is 1. The van der Waals surface area contributed by atoms with E-state index in [9.17, 15) is 13.6 Å². The van der Waals surface area contributed by atoms with Gasteiger partial charge in [-0.1, -0.05) is 13.8 Å². The minimum atomic E-state index is -3.81. The lowest BCUT2D eigenvalue weighted by Crippen LogP contribution is -2.71. The van der Waals surface area contributed by atoms with Crippen LogP contribution in [-0.2, 0) is 0 Å². The van der Waals surface area contributed by atoms with E-state index in [1.165, 1.54) is 36.8 Å². The van der Waals surface area contributed by atoms with Gasteiger partial charge in [-0.2, -0.15) is 0 Å². The average molecular weight is 517 g/mol. The zero-order valence-corrected chi connectivity index (χ0v) is 21.0. The molecule has 11 heteroatoms. The van der Waals surface area contributed by atoms with Crippen LogP contribution >= 0.6 is 11.6 Å². The van der Waals surface area contributed by atoms with Crippen molar-refractivity contribution in [2.24, 2.45) is 5.41 Å². The first-order chi connectivity index (χ1) is 17.2. The Balaban J connectivity index is 0.00000148. The summed E-state index contributed by atoms with van der Waals surface area (Å²) in [5.41, 5.74) is -1.21. The number of hydrogen-bond donors (Lipinski definition) is 1. The van der Waals surface area contributed by atoms with Gasteiger partial charge in [-0.05, 0) is 37.4 Å². The summed E-state index contributed by atoms with van der Waals surface area (Å²) in [5, 5.41) is 2.73. The molecule has 3 aromatic rings. The van der Waals surface area contributed by atoms with Crippen LogP contribution in [0, 0.1) is 5.41 Å². The fourth-order valence-corrected chi connectivity index (χ4v) is 4.73. The molecule has 0 bridgehead atoms. The molecule has 2 aromatic heterocycles. The number of pyridine rings is 1. The van der Waals surface area contributed by atoms with Crippen molar-refractivity contribution in [3.8, 4) is 16.9 Å². The number of anilines is 2. The molecule has 1 aromatic carbocycles. The number of rotatable bonds is 6. The molecule has 2 aliphatic heterocycles. The standard InChI is InChI=1S/C23H21ClF2N6O2.C2H6/c1-31-10-22(11-31)12-32(13-22)20-19(16-7-27-14-28-8-16)6-15(9-29-20)21(33)30-17-2-4-18(5-3-17)34-23(24,25)26;1-2/h2-9,14H,10-13H2,1H3,(H,30,33);1-2H3. The van der Waals surface area contributed by atoms with Gasteiger partial charge in [-0.3, -0.25) is 4.79 Å². The predicted molar refractivity (Wildman–Crippen MR) is 135 cm³/mol. The quantitative estimate of drug-likeness (QED) is 0.474. The molecule has 190 valence electrons. The Hall–Kier alpha value is -3.37. The van der Waals surface area contributed by atoms with Crippen molar-refractivity contribution in [2.45, 2.75) is 19.4 Å². The molecular weight excluding hydrogens is 490 g/mol. The summed E-state index contributed by atoms with van der Waals surface area (Å²) in [6.07, 6.45) is 6.35. The summed E-state index contributed by atoms with van der Waals surface area (Å²) in [5.74, 6) is 0.268. The van der Waals surface area contributed by atoms with Gasteiger partial charge in [0, 0.05) is 78.6 Å². The molecule has 36 heavy (non-hydrogen) atoms. The summed E-state index contributed by atoms with van der Waals surface area (Å²) in [6, 6.07) is 7.23. The lowest BCUT2D eigenvalue weighted by atomic mass is 9.73. The van der Waals surface area contributed by atoms with E-state index < -0.39 is 11.5 Å². The molecule has 4 heterocycles. The average Bonchev–Trinajstić information content (AvgIpc) is 2.82. The highest BCUT2D eigenvalue weighted by Crippen LogP contribution is 2.43. The minimum Gasteiger partial charge on any atom is -0.420 e. The van der Waals surface area contributed by atoms with Crippen LogP contribution in [0.4, 0.5) is 20.3 Å². The van der Waals surface area contributed by atoms with Crippen LogP contribution in [0.2, 0.25) is 0 Å². The molecule has 2 aliphatic rings. The van der Waals surface area contributed by atoms with E-state index in [4.69, 9.17) is 11.6 Å². The van der Waals surface area contributed by atoms with E-state index in [0.717, 1.165) is 43.1 Å². The SMILES string of the molecule is CC.CN1CC2(C1)CN(c1ncc(C(=O)Nc3ccc(OC(F)(F)Cl)cc3)cc1-c1cncnc1)C2. The van der Waals surface area contributed by atoms with Crippen molar-refractivity contribution in [1.82, 2.24) is 19.9 Å². The predicted octanol–water partition coefficient (Wildman–Crippen LogP) is 4.74. The Kier molecular flexibility index (Phi) is 7.37. The lowest BCUT2D eigenvalue weighted by molar-refractivity contribution is -0.0964. The van der Waals surface area contributed by atoms with Gasteiger partial charge in [0.15, 0.2) is 0 Å². The number of benzene rings is 1. The summed E-state index contributed by atoms with van der Waals surface area (Å²) in [7, 11) is 2.11. The molecule has 2 saturated heterocycles. The molecule has 0 radical (unpaired) electrons. The Morgan fingerprint density at radius 1 is 1.08 bits per heavy atom. The third-order valence-electron chi connectivity index (χ3n) is 5.91. The van der Waals surface area contributed by atoms with Crippen LogP contribution in [-0.4, -0.2) is 64.6 Å². The van der Waals surface area contributed by atoms with Crippen molar-refractivity contribution >= 4 is 29.0 Å². The van der Waals surface area contributed by atoms with Gasteiger partial charge >= 0.3 is 5.57 Å². The van der Waals surface area contributed by atoms with E-state index in [2.05, 4.69) is 41.9 Å². The maximum Gasteiger partial charge on any atom is 0.487 e. The Bertz CT molecular complexity index is 1190. The van der Waals surface area contributed by atoms with Crippen LogP contribution in [0.3, 0.4) is 0 Å². The number of hydrogen-bond acceptors (Lipinski definition) is 7. The second-order valence-corrected chi connectivity index (χ2v) is 9.22. The molecule has 1 amide bonds. The van der Waals surface area contributed by atoms with Crippen molar-refractivity contribution in [3.63, 3.8) is 0 Å². The zero-order chi connectivity index (χ0) is 25.9. The minimum absolute atomic E-state index is 0.125. The maximum absolute atomic E-state index is 12.9. The molecule has 1 N–H and O–H groups in total. The summed E-state index contributed by atoms with van der Waals surface area (Å²) in [6.45, 7) is 7.96. The van der Waals surface area contributed by atoms with Crippen LogP contribution in [0.1, 0.15) is 24.2 Å². The van der Waals surface area contributed by atoms with Gasteiger partial charge in [0.25, 0.3) is 5.91 Å². The molecule has 1 spiro atoms. The highest BCUT2D eigenvalue weighted by atomic mass is 35.5. The van der Waals surface area contributed by atoms with Crippen LogP contribution in [0.25, 0.3) is 11.1 Å². The molecule has 0 atom stereocenters. The number of alkyl halides is 3. The number of aromatic nitrogens is 3. The molecular formula is C25H27ClF2N6O2. The number of likely N-dealkylation sites (tertiary alicyclic amines) is 1. The number of carbonyl (C=O) groups excluding carboxylic acids is 1. The number of nitrogens with zero attached hydrogens (tertiary/aromatic N) is 5. The van der Waals surface area contributed by atoms with Crippen LogP contribution in [0.15, 0.2) is 55.2 Å². The lowest BCUT2D eigenvalue weighted by Gasteiger charge is -2.60. The largest absolute Gasteiger partial charge is 0.487 e. The maximum atomic E-state index is 12.9. The van der Waals surface area contributed by atoms with E-state index in [-0.39, 0.29) is 5.75 Å². The Labute approximate surface area is 213 Å². The summed E-state index contributed by atoms with van der Waals surface area (Å²) in [4.78, 5) is 30.2.